The molecule has 0 aromatic heterocycles. The van der Waals surface area contributed by atoms with E-state index in [1.807, 2.05) is 38.1 Å². The molecule has 3 nitrogen and oxygen atoms in total. The molecular formula is C12H12BrNO2S. The number of carbonyl (C=O) groups is 1. The molecule has 0 amide bonds. The van der Waals surface area contributed by atoms with Crippen molar-refractivity contribution in [2.24, 2.45) is 4.99 Å². The zero-order chi connectivity index (χ0) is 12.6. The number of nitrogens with zero attached hydrogens (tertiary/aromatic N) is 1. The summed E-state index contributed by atoms with van der Waals surface area (Å²) in [6.45, 7) is 3.82. The van der Waals surface area contributed by atoms with E-state index in [0.717, 1.165) is 15.1 Å². The summed E-state index contributed by atoms with van der Waals surface area (Å²) in [4.78, 5) is 15.4. The van der Waals surface area contributed by atoms with Gasteiger partial charge in [0.2, 0.25) is 0 Å². The second kappa shape index (κ2) is 4.46. The third kappa shape index (κ3) is 2.55. The molecule has 1 N–H and O–H groups in total. The average molecular weight is 314 g/mol. The van der Waals surface area contributed by atoms with Crippen LogP contribution in [0.25, 0.3) is 0 Å². The molecule has 0 unspecified atom stereocenters. The Morgan fingerprint density at radius 1 is 1.53 bits per heavy atom. The van der Waals surface area contributed by atoms with Crippen LogP contribution < -0.4 is 0 Å². The Balaban J connectivity index is 2.36. The average Bonchev–Trinajstić information content (AvgIpc) is 2.54. The number of rotatable bonds is 2. The number of hydrogen-bond donors (Lipinski definition) is 1. The Kier molecular flexibility index (Phi) is 3.32. The smallest absolute Gasteiger partial charge is 0.329 e. The number of halogens is 1. The first-order chi connectivity index (χ1) is 7.90. The maximum atomic E-state index is 11.1. The minimum absolute atomic E-state index is 0.399. The van der Waals surface area contributed by atoms with Gasteiger partial charge in [-0.3, -0.25) is 4.99 Å². The van der Waals surface area contributed by atoms with Gasteiger partial charge in [0.05, 0.1) is 5.04 Å². The lowest BCUT2D eigenvalue weighted by molar-refractivity contribution is -0.138. The minimum atomic E-state index is -0.868. The summed E-state index contributed by atoms with van der Waals surface area (Å²) >= 11 is 4.92. The van der Waals surface area contributed by atoms with Gasteiger partial charge in [0, 0.05) is 14.8 Å². The number of aliphatic carboxylic acids is 1. The highest BCUT2D eigenvalue weighted by molar-refractivity contribution is 9.10. The molecule has 0 fully saturated rings. The summed E-state index contributed by atoms with van der Waals surface area (Å²) < 4.78 is 0.568. The van der Waals surface area contributed by atoms with E-state index in [1.165, 1.54) is 11.8 Å². The van der Waals surface area contributed by atoms with Gasteiger partial charge < -0.3 is 5.11 Å². The topological polar surface area (TPSA) is 49.7 Å². The minimum Gasteiger partial charge on any atom is -0.480 e. The van der Waals surface area contributed by atoms with Crippen LogP contribution in [-0.4, -0.2) is 26.9 Å². The number of aliphatic imine (C=N–C) groups is 1. The van der Waals surface area contributed by atoms with Gasteiger partial charge in [0.15, 0.2) is 6.04 Å². The van der Waals surface area contributed by atoms with Crippen LogP contribution in [0.4, 0.5) is 0 Å². The van der Waals surface area contributed by atoms with Crippen LogP contribution in [0, 0.1) is 0 Å². The number of thioether (sulfide) groups is 1. The van der Waals surface area contributed by atoms with Crippen molar-refractivity contribution in [2.45, 2.75) is 24.6 Å². The van der Waals surface area contributed by atoms with E-state index < -0.39 is 16.8 Å². The molecule has 0 radical (unpaired) electrons. The van der Waals surface area contributed by atoms with E-state index in [0.29, 0.717) is 0 Å². The maximum Gasteiger partial charge on any atom is 0.329 e. The first-order valence-electron chi connectivity index (χ1n) is 5.16. The summed E-state index contributed by atoms with van der Waals surface area (Å²) in [7, 11) is 0. The summed E-state index contributed by atoms with van der Waals surface area (Å²) in [6, 6.07) is 7.07. The first-order valence-corrected chi connectivity index (χ1v) is 6.76. The van der Waals surface area contributed by atoms with Gasteiger partial charge in [-0.1, -0.05) is 39.8 Å². The number of hydrogen-bond acceptors (Lipinski definition) is 3. The van der Waals surface area contributed by atoms with Crippen LogP contribution >= 0.6 is 27.7 Å². The Bertz CT molecular complexity index is 499. The SMILES string of the molecule is CC1(C)SC(c2cccc(Br)c2)=N[C@H]1C(=O)O. The van der Waals surface area contributed by atoms with Gasteiger partial charge in [-0.2, -0.15) is 0 Å². The standard InChI is InChI=1S/C12H12BrNO2S/c1-12(2)9(11(15)16)14-10(17-12)7-4-3-5-8(13)6-7/h3-6,9H,1-2H3,(H,15,16)/t9-/m0/s1. The summed E-state index contributed by atoms with van der Waals surface area (Å²) in [5, 5.41) is 9.93. The van der Waals surface area contributed by atoms with Crippen molar-refractivity contribution < 1.29 is 9.90 Å². The molecule has 90 valence electrons. The molecule has 1 atom stereocenters. The van der Waals surface area contributed by atoms with E-state index in [4.69, 9.17) is 5.11 Å². The largest absolute Gasteiger partial charge is 0.480 e. The molecule has 0 saturated heterocycles. The van der Waals surface area contributed by atoms with Gasteiger partial charge in [-0.05, 0) is 26.0 Å². The predicted molar refractivity (Wildman–Crippen MR) is 73.8 cm³/mol. The Hall–Kier alpha value is -0.810. The zero-order valence-corrected chi connectivity index (χ0v) is 11.9. The van der Waals surface area contributed by atoms with Gasteiger partial charge in [0.25, 0.3) is 0 Å². The van der Waals surface area contributed by atoms with Crippen molar-refractivity contribution in [3.05, 3.63) is 34.3 Å². The molecule has 2 rings (SSSR count). The molecule has 5 heteroatoms. The Labute approximate surface area is 112 Å². The van der Waals surface area contributed by atoms with Crippen molar-refractivity contribution in [3.8, 4) is 0 Å². The number of benzene rings is 1. The molecule has 1 heterocycles. The number of carboxylic acid groups (broad SMARTS) is 1. The van der Waals surface area contributed by atoms with Crippen molar-refractivity contribution in [2.75, 3.05) is 0 Å². The van der Waals surface area contributed by atoms with Crippen LogP contribution in [0.3, 0.4) is 0 Å². The van der Waals surface area contributed by atoms with Crippen molar-refractivity contribution >= 4 is 38.7 Å². The Morgan fingerprint density at radius 3 is 2.76 bits per heavy atom. The molecule has 1 aliphatic heterocycles. The van der Waals surface area contributed by atoms with Crippen LogP contribution in [0.1, 0.15) is 19.4 Å². The molecule has 0 spiro atoms. The lowest BCUT2D eigenvalue weighted by Crippen LogP contribution is -2.34. The van der Waals surface area contributed by atoms with Gasteiger partial charge in [-0.25, -0.2) is 4.79 Å². The quantitative estimate of drug-likeness (QED) is 0.912. The molecule has 0 saturated carbocycles. The van der Waals surface area contributed by atoms with Gasteiger partial charge in [-0.15, -0.1) is 0 Å². The van der Waals surface area contributed by atoms with Crippen LogP contribution in [0.15, 0.2) is 33.7 Å². The van der Waals surface area contributed by atoms with E-state index in [2.05, 4.69) is 20.9 Å². The van der Waals surface area contributed by atoms with E-state index >= 15 is 0 Å². The van der Waals surface area contributed by atoms with Gasteiger partial charge in [0.1, 0.15) is 0 Å². The van der Waals surface area contributed by atoms with Gasteiger partial charge >= 0.3 is 5.97 Å². The van der Waals surface area contributed by atoms with E-state index in [1.54, 1.807) is 0 Å². The number of carboxylic acids is 1. The third-order valence-corrected chi connectivity index (χ3v) is 4.35. The molecule has 1 aliphatic rings. The fourth-order valence-electron chi connectivity index (χ4n) is 1.71. The summed E-state index contributed by atoms with van der Waals surface area (Å²) in [5.74, 6) is -0.868. The molecule has 0 bridgehead atoms. The monoisotopic (exact) mass is 313 g/mol. The second-order valence-electron chi connectivity index (χ2n) is 4.39. The van der Waals surface area contributed by atoms with Crippen LogP contribution in [-0.2, 0) is 4.79 Å². The fourth-order valence-corrected chi connectivity index (χ4v) is 3.28. The predicted octanol–water partition coefficient (Wildman–Crippen LogP) is 3.17. The Morgan fingerprint density at radius 2 is 2.24 bits per heavy atom. The third-order valence-electron chi connectivity index (χ3n) is 2.57. The van der Waals surface area contributed by atoms with Crippen LogP contribution in [0.2, 0.25) is 0 Å². The molecule has 1 aromatic rings. The van der Waals surface area contributed by atoms with Crippen molar-refractivity contribution in [1.82, 2.24) is 0 Å². The maximum absolute atomic E-state index is 11.1. The zero-order valence-electron chi connectivity index (χ0n) is 9.48. The van der Waals surface area contributed by atoms with E-state index in [9.17, 15) is 4.79 Å². The molecule has 1 aromatic carbocycles. The van der Waals surface area contributed by atoms with E-state index in [-0.39, 0.29) is 0 Å². The molecule has 0 aliphatic carbocycles. The highest BCUT2D eigenvalue weighted by Crippen LogP contribution is 2.40. The van der Waals surface area contributed by atoms with Crippen molar-refractivity contribution in [3.63, 3.8) is 0 Å². The molecule has 17 heavy (non-hydrogen) atoms. The molecular weight excluding hydrogens is 302 g/mol. The lowest BCUT2D eigenvalue weighted by atomic mass is 10.0. The highest BCUT2D eigenvalue weighted by atomic mass is 79.9. The summed E-state index contributed by atoms with van der Waals surface area (Å²) in [6.07, 6.45) is 0. The van der Waals surface area contributed by atoms with Crippen LogP contribution in [0.5, 0.6) is 0 Å². The normalized spacial score (nSPS) is 22.3. The second-order valence-corrected chi connectivity index (χ2v) is 6.95. The van der Waals surface area contributed by atoms with Crippen molar-refractivity contribution in [1.29, 1.82) is 0 Å². The summed E-state index contributed by atoms with van der Waals surface area (Å²) in [5.41, 5.74) is 0.959. The highest BCUT2D eigenvalue weighted by Gasteiger charge is 2.42. The first kappa shape index (κ1) is 12.6. The fraction of sp³-hybridized carbons (Fsp3) is 0.333. The lowest BCUT2D eigenvalue weighted by Gasteiger charge is -2.20.